The molecule has 1 amide bonds. The van der Waals surface area contributed by atoms with Crippen LogP contribution >= 0.6 is 0 Å². The zero-order valence-electron chi connectivity index (χ0n) is 21.5. The van der Waals surface area contributed by atoms with Gasteiger partial charge in [0.15, 0.2) is 16.4 Å². The van der Waals surface area contributed by atoms with E-state index in [9.17, 15) is 13.2 Å². The maximum atomic E-state index is 12.5. The first-order chi connectivity index (χ1) is 17.3. The number of hydrogen-bond donors (Lipinski definition) is 1. The number of benzene rings is 2. The van der Waals surface area contributed by atoms with Gasteiger partial charge in [0.2, 0.25) is 0 Å². The first-order valence-electron chi connectivity index (χ1n) is 12.9. The number of fused-ring (bicyclic) bond motifs is 1. The molecule has 0 aromatic heterocycles. The first-order valence-corrected chi connectivity index (χ1v) is 15.0. The second-order valence-electron chi connectivity index (χ2n) is 10.3. The van der Waals surface area contributed by atoms with Crippen molar-refractivity contribution in [2.45, 2.75) is 43.9 Å². The molecule has 1 N–H and O–H groups in total. The number of ether oxygens (including phenoxy) is 1. The molecular weight excluding hydrogens is 474 g/mol. The Morgan fingerprint density at radius 2 is 1.92 bits per heavy atom. The Bertz CT molecular complexity index is 1150. The Labute approximate surface area is 215 Å². The highest BCUT2D eigenvalue weighted by molar-refractivity contribution is 7.89. The van der Waals surface area contributed by atoms with Crippen molar-refractivity contribution >= 4 is 15.7 Å². The lowest BCUT2D eigenvalue weighted by Crippen LogP contribution is -2.35. The molecule has 2 aliphatic heterocycles. The SMILES string of the molecule is CN1CCCC(c2c(CS(C)(=O)=O)cccc2OCC(=O)NCCCN2CCc3ccccc3C2)C1. The van der Waals surface area contributed by atoms with Crippen molar-refractivity contribution in [2.24, 2.45) is 0 Å². The van der Waals surface area contributed by atoms with Crippen molar-refractivity contribution in [3.05, 3.63) is 64.7 Å². The monoisotopic (exact) mass is 513 g/mol. The lowest BCUT2D eigenvalue weighted by Gasteiger charge is -2.32. The predicted molar refractivity (Wildman–Crippen MR) is 143 cm³/mol. The lowest BCUT2D eigenvalue weighted by atomic mass is 9.87. The normalized spacial score (nSPS) is 19.0. The van der Waals surface area contributed by atoms with Crippen LogP contribution < -0.4 is 10.1 Å². The van der Waals surface area contributed by atoms with E-state index in [0.717, 1.165) is 69.5 Å². The van der Waals surface area contributed by atoms with E-state index in [1.54, 1.807) is 0 Å². The number of nitrogens with zero attached hydrogens (tertiary/aromatic N) is 2. The molecule has 2 aromatic carbocycles. The minimum absolute atomic E-state index is 0.0209. The molecule has 1 atom stereocenters. The van der Waals surface area contributed by atoms with Gasteiger partial charge in [0.05, 0.1) is 5.75 Å². The van der Waals surface area contributed by atoms with E-state index in [4.69, 9.17) is 4.74 Å². The summed E-state index contributed by atoms with van der Waals surface area (Å²) in [5.41, 5.74) is 4.56. The Morgan fingerprint density at radius 3 is 2.69 bits per heavy atom. The number of nitrogens with one attached hydrogen (secondary N) is 1. The summed E-state index contributed by atoms with van der Waals surface area (Å²) in [6.45, 7) is 5.39. The average Bonchev–Trinajstić information content (AvgIpc) is 2.84. The van der Waals surface area contributed by atoms with Gasteiger partial charge in [-0.05, 0) is 62.0 Å². The molecule has 2 aromatic rings. The summed E-state index contributed by atoms with van der Waals surface area (Å²) >= 11 is 0. The number of carbonyl (C=O) groups is 1. The van der Waals surface area contributed by atoms with Crippen LogP contribution in [0.5, 0.6) is 5.75 Å². The number of piperidine rings is 1. The molecule has 0 aliphatic carbocycles. The largest absolute Gasteiger partial charge is 0.483 e. The summed E-state index contributed by atoms with van der Waals surface area (Å²) in [6.07, 6.45) is 5.25. The maximum Gasteiger partial charge on any atom is 0.257 e. The number of sulfone groups is 1. The van der Waals surface area contributed by atoms with Crippen molar-refractivity contribution < 1.29 is 17.9 Å². The molecule has 2 heterocycles. The van der Waals surface area contributed by atoms with Crippen molar-refractivity contribution in [3.63, 3.8) is 0 Å². The van der Waals surface area contributed by atoms with Gasteiger partial charge in [-0.1, -0.05) is 36.4 Å². The van der Waals surface area contributed by atoms with Crippen LogP contribution in [-0.4, -0.2) is 76.8 Å². The quantitative estimate of drug-likeness (QED) is 0.492. The Hall–Kier alpha value is -2.42. The average molecular weight is 514 g/mol. The summed E-state index contributed by atoms with van der Waals surface area (Å²) in [5.74, 6) is 0.639. The first kappa shape index (κ1) is 26.6. The van der Waals surface area contributed by atoms with Crippen molar-refractivity contribution in [1.82, 2.24) is 15.1 Å². The summed E-state index contributed by atoms with van der Waals surface area (Å²) in [5, 5.41) is 2.98. The van der Waals surface area contributed by atoms with E-state index < -0.39 is 9.84 Å². The highest BCUT2D eigenvalue weighted by atomic mass is 32.2. The van der Waals surface area contributed by atoms with Gasteiger partial charge in [-0.25, -0.2) is 8.42 Å². The maximum absolute atomic E-state index is 12.5. The summed E-state index contributed by atoms with van der Waals surface area (Å²) < 4.78 is 30.2. The molecule has 1 fully saturated rings. The Balaban J connectivity index is 1.29. The molecule has 0 spiro atoms. The van der Waals surface area contributed by atoms with Gasteiger partial charge in [0.1, 0.15) is 5.75 Å². The van der Waals surface area contributed by atoms with Gasteiger partial charge in [0.25, 0.3) is 5.91 Å². The van der Waals surface area contributed by atoms with E-state index in [1.165, 1.54) is 17.4 Å². The summed E-state index contributed by atoms with van der Waals surface area (Å²) in [7, 11) is -1.11. The van der Waals surface area contributed by atoms with Crippen LogP contribution in [0, 0.1) is 0 Å². The molecule has 8 heteroatoms. The molecule has 4 rings (SSSR count). The number of rotatable bonds is 10. The molecule has 1 saturated heterocycles. The molecule has 0 saturated carbocycles. The summed E-state index contributed by atoms with van der Waals surface area (Å²) in [6, 6.07) is 14.2. The van der Waals surface area contributed by atoms with Crippen molar-refractivity contribution in [1.29, 1.82) is 0 Å². The lowest BCUT2D eigenvalue weighted by molar-refractivity contribution is -0.123. The second kappa shape index (κ2) is 12.2. The summed E-state index contributed by atoms with van der Waals surface area (Å²) in [4.78, 5) is 17.2. The van der Waals surface area contributed by atoms with Crippen molar-refractivity contribution in [3.8, 4) is 5.75 Å². The standard InChI is InChI=1S/C28H39N3O4S/c1-30-15-6-11-24(18-30)28-25(21-36(2,33)34)10-5-12-26(28)35-20-27(32)29-14-7-16-31-17-13-22-8-3-4-9-23(22)19-31/h3-5,8-10,12,24H,6-7,11,13-21H2,1-2H3,(H,29,32). The molecule has 0 radical (unpaired) electrons. The highest BCUT2D eigenvalue weighted by Gasteiger charge is 2.26. The van der Waals surface area contributed by atoms with Crippen LogP contribution in [0.2, 0.25) is 0 Å². The molecule has 1 unspecified atom stereocenters. The number of likely N-dealkylation sites (N-methyl/N-ethyl adjacent to an activating group) is 1. The number of likely N-dealkylation sites (tertiary alicyclic amines) is 1. The van der Waals surface area contributed by atoms with Gasteiger partial charge in [-0.15, -0.1) is 0 Å². The topological polar surface area (TPSA) is 78.9 Å². The highest BCUT2D eigenvalue weighted by Crippen LogP contribution is 2.36. The molecule has 7 nitrogen and oxygen atoms in total. The number of carbonyl (C=O) groups excluding carboxylic acids is 1. The third kappa shape index (κ3) is 7.54. The Morgan fingerprint density at radius 1 is 1.11 bits per heavy atom. The van der Waals surface area contributed by atoms with Gasteiger partial charge >= 0.3 is 0 Å². The second-order valence-corrected chi connectivity index (χ2v) is 12.4. The van der Waals surface area contributed by atoms with E-state index in [-0.39, 0.29) is 24.2 Å². The van der Waals surface area contributed by atoms with Crippen LogP contribution in [0.15, 0.2) is 42.5 Å². The third-order valence-corrected chi connectivity index (χ3v) is 7.98. The van der Waals surface area contributed by atoms with Crippen LogP contribution in [0.4, 0.5) is 0 Å². The zero-order chi connectivity index (χ0) is 25.5. The van der Waals surface area contributed by atoms with E-state index in [2.05, 4.69) is 46.4 Å². The van der Waals surface area contributed by atoms with Gasteiger partial charge in [-0.3, -0.25) is 9.69 Å². The molecule has 0 bridgehead atoms. The number of amides is 1. The fraction of sp³-hybridized carbons (Fsp3) is 0.536. The molecule has 2 aliphatic rings. The molecular formula is C28H39N3O4S. The minimum atomic E-state index is -3.19. The Kier molecular flexibility index (Phi) is 9.04. The smallest absolute Gasteiger partial charge is 0.257 e. The van der Waals surface area contributed by atoms with Gasteiger partial charge in [0, 0.05) is 50.5 Å². The fourth-order valence-corrected chi connectivity index (χ4v) is 6.28. The van der Waals surface area contributed by atoms with Crippen LogP contribution in [0.1, 0.15) is 47.4 Å². The molecule has 36 heavy (non-hydrogen) atoms. The fourth-order valence-electron chi connectivity index (χ4n) is 5.46. The van der Waals surface area contributed by atoms with E-state index in [0.29, 0.717) is 12.3 Å². The van der Waals surface area contributed by atoms with E-state index in [1.807, 2.05) is 18.2 Å². The van der Waals surface area contributed by atoms with Crippen LogP contribution in [-0.2, 0) is 33.4 Å². The van der Waals surface area contributed by atoms with Crippen LogP contribution in [0.3, 0.4) is 0 Å². The van der Waals surface area contributed by atoms with Gasteiger partial charge in [-0.2, -0.15) is 0 Å². The number of hydrogen-bond acceptors (Lipinski definition) is 6. The van der Waals surface area contributed by atoms with Crippen molar-refractivity contribution in [2.75, 3.05) is 52.6 Å². The third-order valence-electron chi connectivity index (χ3n) is 7.15. The van der Waals surface area contributed by atoms with Gasteiger partial charge < -0.3 is 15.0 Å². The zero-order valence-corrected chi connectivity index (χ0v) is 22.4. The predicted octanol–water partition coefficient (Wildman–Crippen LogP) is 2.98. The van der Waals surface area contributed by atoms with E-state index >= 15 is 0 Å². The molecule has 196 valence electrons. The minimum Gasteiger partial charge on any atom is -0.483 e. The van der Waals surface area contributed by atoms with Crippen LogP contribution in [0.25, 0.3) is 0 Å².